The van der Waals surface area contributed by atoms with Crippen LogP contribution in [-0.2, 0) is 9.59 Å². The Morgan fingerprint density at radius 3 is 2.55 bits per heavy atom. The number of aromatic nitrogens is 1. The number of nitriles is 1. The maximum absolute atomic E-state index is 14.7. The third kappa shape index (κ3) is 5.84. The van der Waals surface area contributed by atoms with E-state index >= 15 is 0 Å². The lowest BCUT2D eigenvalue weighted by Crippen LogP contribution is -2.61. The monoisotopic (exact) mass is 628 g/mol. The summed E-state index contributed by atoms with van der Waals surface area (Å²) < 4.78 is 40.5. The average molecular weight is 629 g/mol. The number of aliphatic hydroxyl groups is 1. The number of nitrogens with zero attached hydrogens (tertiary/aromatic N) is 4. The lowest BCUT2D eigenvalue weighted by Gasteiger charge is -2.41. The van der Waals surface area contributed by atoms with E-state index in [-0.39, 0.29) is 27.5 Å². The third-order valence-electron chi connectivity index (χ3n) is 7.91. The Morgan fingerprint density at radius 1 is 1.18 bits per heavy atom. The van der Waals surface area contributed by atoms with Crippen LogP contribution in [-0.4, -0.2) is 68.7 Å². The number of carboxylic acid groups (broad SMARTS) is 1. The molecule has 2 aliphatic rings. The van der Waals surface area contributed by atoms with Gasteiger partial charge in [0, 0.05) is 30.6 Å². The molecular formula is C30H26ClF3N5O5+. The second-order valence-corrected chi connectivity index (χ2v) is 11.3. The number of benzene rings is 2. The molecule has 3 aromatic rings. The first kappa shape index (κ1) is 30.9. The van der Waals surface area contributed by atoms with Gasteiger partial charge in [0.25, 0.3) is 11.8 Å². The number of hydrogen-bond donors (Lipinski definition) is 3. The van der Waals surface area contributed by atoms with Crippen molar-refractivity contribution in [3.8, 4) is 6.07 Å². The second kappa shape index (κ2) is 11.9. The van der Waals surface area contributed by atoms with Crippen LogP contribution in [0.3, 0.4) is 0 Å². The molecule has 3 N–H and O–H groups in total. The van der Waals surface area contributed by atoms with Crippen LogP contribution in [0.2, 0.25) is 5.02 Å². The Kier molecular flexibility index (Phi) is 8.35. The molecule has 2 aromatic carbocycles. The number of carboxylic acids is 1. The molecule has 2 fully saturated rings. The Hall–Kier alpha value is -4.51. The van der Waals surface area contributed by atoms with Gasteiger partial charge in [-0.05, 0) is 35.9 Å². The molecule has 3 amide bonds. The molecule has 10 nitrogen and oxygen atoms in total. The van der Waals surface area contributed by atoms with E-state index in [0.29, 0.717) is 0 Å². The lowest BCUT2D eigenvalue weighted by molar-refractivity contribution is -0.867. The van der Waals surface area contributed by atoms with Gasteiger partial charge in [0.15, 0.2) is 6.04 Å². The fraction of sp³-hybridized carbons (Fsp3) is 0.300. The zero-order valence-corrected chi connectivity index (χ0v) is 23.7. The normalized spacial score (nSPS) is 22.5. The number of aliphatic carboxylic acids is 1. The lowest BCUT2D eigenvalue weighted by atomic mass is 9.87. The molecule has 1 saturated heterocycles. The number of halogens is 4. The Labute approximate surface area is 254 Å². The van der Waals surface area contributed by atoms with E-state index in [1.165, 1.54) is 48.7 Å². The summed E-state index contributed by atoms with van der Waals surface area (Å²) in [6, 6.07) is 10.1. The molecule has 1 aromatic heterocycles. The predicted octanol–water partition coefficient (Wildman–Crippen LogP) is 4.34. The van der Waals surface area contributed by atoms with Crippen molar-refractivity contribution in [2.75, 3.05) is 18.0 Å². The number of aliphatic hydroxyl groups excluding tert-OH is 1. The minimum Gasteiger partial charge on any atom is -0.480 e. The summed E-state index contributed by atoms with van der Waals surface area (Å²) in [5.41, 5.74) is 0.187. The van der Waals surface area contributed by atoms with E-state index in [4.69, 9.17) is 11.6 Å². The molecule has 0 radical (unpaired) electrons. The molecule has 3 unspecified atom stereocenters. The molecule has 0 spiro atoms. The largest absolute Gasteiger partial charge is 0.480 e. The minimum absolute atomic E-state index is 0.0204. The summed E-state index contributed by atoms with van der Waals surface area (Å²) in [5.74, 6) is -6.24. The van der Waals surface area contributed by atoms with Crippen LogP contribution in [0.15, 0.2) is 66.9 Å². The highest BCUT2D eigenvalue weighted by Gasteiger charge is 2.63. The SMILES string of the molecule is N#Cc1ccnc(N2C(=O)[N+](CC(O)c3cccc(F)c3)(C(C(=O)NC3CC(F)(F)C3)c3ccccc3Cl)C[C@H]2C(=O)O)c1. The van der Waals surface area contributed by atoms with Crippen molar-refractivity contribution < 1.29 is 42.3 Å². The minimum atomic E-state index is -2.98. The van der Waals surface area contributed by atoms with Gasteiger partial charge in [-0.25, -0.2) is 37.1 Å². The first-order chi connectivity index (χ1) is 20.8. The van der Waals surface area contributed by atoms with Gasteiger partial charge >= 0.3 is 12.0 Å². The van der Waals surface area contributed by atoms with Crippen molar-refractivity contribution in [2.24, 2.45) is 0 Å². The van der Waals surface area contributed by atoms with Gasteiger partial charge < -0.3 is 15.5 Å². The van der Waals surface area contributed by atoms with Gasteiger partial charge in [0.1, 0.15) is 30.8 Å². The van der Waals surface area contributed by atoms with E-state index in [0.717, 1.165) is 17.0 Å². The summed E-state index contributed by atoms with van der Waals surface area (Å²) in [6.45, 7) is -1.24. The highest BCUT2D eigenvalue weighted by molar-refractivity contribution is 6.31. The fourth-order valence-electron chi connectivity index (χ4n) is 5.86. The molecule has 1 aliphatic carbocycles. The first-order valence-corrected chi connectivity index (χ1v) is 13.9. The highest BCUT2D eigenvalue weighted by Crippen LogP contribution is 2.44. The highest BCUT2D eigenvalue weighted by atomic mass is 35.5. The second-order valence-electron chi connectivity index (χ2n) is 10.9. The predicted molar refractivity (Wildman–Crippen MR) is 150 cm³/mol. The van der Waals surface area contributed by atoms with Gasteiger partial charge in [0.2, 0.25) is 6.04 Å². The summed E-state index contributed by atoms with van der Waals surface area (Å²) in [5, 5.41) is 33.7. The number of nitrogens with one attached hydrogen (secondary N) is 1. The molecule has 0 bridgehead atoms. The number of pyridine rings is 1. The number of alkyl halides is 2. The zero-order valence-electron chi connectivity index (χ0n) is 22.9. The molecule has 4 atom stereocenters. The molecule has 44 heavy (non-hydrogen) atoms. The van der Waals surface area contributed by atoms with Crippen LogP contribution in [0, 0.1) is 17.1 Å². The van der Waals surface area contributed by atoms with Crippen molar-refractivity contribution >= 4 is 35.3 Å². The first-order valence-electron chi connectivity index (χ1n) is 13.5. The number of rotatable bonds is 9. The summed E-state index contributed by atoms with van der Waals surface area (Å²) in [7, 11) is 0. The van der Waals surface area contributed by atoms with Gasteiger partial charge in [-0.3, -0.25) is 4.79 Å². The molecular weight excluding hydrogens is 603 g/mol. The summed E-state index contributed by atoms with van der Waals surface area (Å²) >= 11 is 6.54. The Morgan fingerprint density at radius 2 is 1.91 bits per heavy atom. The maximum atomic E-state index is 14.7. The van der Waals surface area contributed by atoms with E-state index in [9.17, 15) is 43.0 Å². The number of urea groups is 1. The van der Waals surface area contributed by atoms with Crippen molar-refractivity contribution in [1.82, 2.24) is 10.3 Å². The fourth-order valence-corrected chi connectivity index (χ4v) is 6.10. The van der Waals surface area contributed by atoms with Gasteiger partial charge in [-0.1, -0.05) is 41.9 Å². The van der Waals surface area contributed by atoms with Gasteiger partial charge in [-0.15, -0.1) is 0 Å². The number of carbonyl (C=O) groups is 3. The molecule has 14 heteroatoms. The Balaban J connectivity index is 1.69. The smallest absolute Gasteiger partial charge is 0.426 e. The van der Waals surface area contributed by atoms with Crippen LogP contribution in [0.25, 0.3) is 0 Å². The van der Waals surface area contributed by atoms with E-state index < -0.39 is 84.3 Å². The summed E-state index contributed by atoms with van der Waals surface area (Å²) in [6.07, 6.45) is -1.66. The van der Waals surface area contributed by atoms with Crippen LogP contribution in [0.1, 0.15) is 41.7 Å². The maximum Gasteiger partial charge on any atom is 0.426 e. The molecule has 5 rings (SSSR count). The van der Waals surface area contributed by atoms with Crippen molar-refractivity contribution in [3.05, 3.63) is 94.4 Å². The number of hydrogen-bond acceptors (Lipinski definition) is 6. The standard InChI is InChI=1S/C30H25ClF3N5O5/c31-22-7-2-1-6-21(22)26(27(41)37-20-12-30(33,34)13-20)39(16-24(40)18-4-3-5-19(32)11-18)15-23(28(42)43)38(29(39)44)25-10-17(14-35)8-9-36-25/h1-11,20,23-24,26,40H,12-13,15-16H2,(H-,37,41,42,43)/p+1/t23-,24?,26?,39?/m0/s1. The third-order valence-corrected chi connectivity index (χ3v) is 8.26. The number of quaternary nitrogens is 1. The number of anilines is 1. The van der Waals surface area contributed by atoms with Crippen molar-refractivity contribution in [2.45, 2.75) is 43.0 Å². The van der Waals surface area contributed by atoms with Crippen molar-refractivity contribution in [1.29, 1.82) is 5.26 Å². The van der Waals surface area contributed by atoms with Crippen molar-refractivity contribution in [3.63, 3.8) is 0 Å². The Bertz CT molecular complexity index is 1660. The summed E-state index contributed by atoms with van der Waals surface area (Å²) in [4.78, 5) is 46.3. The quantitative estimate of drug-likeness (QED) is 0.299. The number of carbonyl (C=O) groups excluding carboxylic acids is 2. The average Bonchev–Trinajstić information content (AvgIpc) is 3.25. The molecule has 1 saturated carbocycles. The van der Waals surface area contributed by atoms with E-state index in [1.54, 1.807) is 6.07 Å². The van der Waals surface area contributed by atoms with Crippen LogP contribution < -0.4 is 10.2 Å². The van der Waals surface area contributed by atoms with Crippen LogP contribution in [0.4, 0.5) is 23.8 Å². The van der Waals surface area contributed by atoms with E-state index in [1.807, 2.05) is 6.07 Å². The molecule has 1 aliphatic heterocycles. The van der Waals surface area contributed by atoms with E-state index in [2.05, 4.69) is 10.3 Å². The van der Waals surface area contributed by atoms with Crippen LogP contribution in [0.5, 0.6) is 0 Å². The van der Waals surface area contributed by atoms with Gasteiger partial charge in [-0.2, -0.15) is 5.26 Å². The molecule has 2 heterocycles. The molecule has 228 valence electrons. The van der Waals surface area contributed by atoms with Gasteiger partial charge in [0.05, 0.1) is 16.7 Å². The van der Waals surface area contributed by atoms with Crippen LogP contribution >= 0.6 is 11.6 Å². The number of amides is 3. The zero-order chi connectivity index (χ0) is 31.8. The topological polar surface area (TPSA) is 144 Å².